The molecule has 189 valence electrons. The molecule has 3 amide bonds. The topological polar surface area (TPSA) is 98.8 Å². The standard InChI is InChI=1S/C26H35N4O4S/c1-25(11-14-29(25)17-26(2)10-5-13-30(26)18-31)12-15-35(33,34)28-24(32)27-23-21-8-3-6-19(21)16-20-7-4-9-22(20)23/h12,15-16H,3-11,13-14,17H2,1-2H3,(H2,27,28,32)/b15-12+/t25-,26-/m0/s1. The first-order valence-corrected chi connectivity index (χ1v) is 14.3. The number of hydrogen-bond acceptors (Lipinski definition) is 5. The Morgan fingerprint density at radius 1 is 1.06 bits per heavy atom. The second-order valence-electron chi connectivity index (χ2n) is 11.0. The van der Waals surface area contributed by atoms with Gasteiger partial charge in [-0.15, -0.1) is 0 Å². The van der Waals surface area contributed by atoms with Gasteiger partial charge in [0, 0.05) is 36.3 Å². The summed E-state index contributed by atoms with van der Waals surface area (Å²) in [5.74, 6) is 0. The summed E-state index contributed by atoms with van der Waals surface area (Å²) < 4.78 is 27.7. The first-order chi connectivity index (χ1) is 16.6. The Bertz CT molecular complexity index is 1150. The van der Waals surface area contributed by atoms with Gasteiger partial charge in [0.2, 0.25) is 0 Å². The molecule has 9 heteroatoms. The number of fused-ring (bicyclic) bond motifs is 2. The lowest BCUT2D eigenvalue weighted by Crippen LogP contribution is -2.62. The molecule has 0 spiro atoms. The number of rotatable bonds is 7. The fourth-order valence-electron chi connectivity index (χ4n) is 6.33. The number of nitrogens with one attached hydrogen (secondary N) is 2. The van der Waals surface area contributed by atoms with Crippen molar-refractivity contribution in [1.82, 2.24) is 14.5 Å². The Hall–Kier alpha value is -2.39. The van der Waals surface area contributed by atoms with Crippen molar-refractivity contribution in [1.29, 1.82) is 0 Å². The first-order valence-electron chi connectivity index (χ1n) is 12.7. The molecule has 0 unspecified atom stereocenters. The Morgan fingerprint density at radius 3 is 2.34 bits per heavy atom. The predicted molar refractivity (Wildman–Crippen MR) is 135 cm³/mol. The van der Waals surface area contributed by atoms with Crippen LogP contribution in [0.15, 0.2) is 17.6 Å². The van der Waals surface area contributed by atoms with E-state index in [1.807, 2.05) is 6.92 Å². The number of carbonyl (C=O) groups is 1. The maximum absolute atomic E-state index is 12.8. The van der Waals surface area contributed by atoms with Crippen molar-refractivity contribution in [3.63, 3.8) is 0 Å². The number of sulfonamides is 1. The van der Waals surface area contributed by atoms with E-state index in [2.05, 4.69) is 34.3 Å². The zero-order valence-electron chi connectivity index (χ0n) is 20.7. The summed E-state index contributed by atoms with van der Waals surface area (Å²) >= 11 is 0. The van der Waals surface area contributed by atoms with Crippen LogP contribution in [-0.4, -0.2) is 61.4 Å². The molecule has 1 radical (unpaired) electrons. The number of anilines is 1. The van der Waals surface area contributed by atoms with Gasteiger partial charge >= 0.3 is 12.4 Å². The summed E-state index contributed by atoms with van der Waals surface area (Å²) in [6.45, 7) is 6.27. The van der Waals surface area contributed by atoms with Gasteiger partial charge in [0.15, 0.2) is 0 Å². The number of carbonyl (C=O) groups excluding carboxylic acids is 2. The van der Waals surface area contributed by atoms with E-state index in [0.717, 1.165) is 86.6 Å². The third kappa shape index (κ3) is 4.60. The first kappa shape index (κ1) is 24.3. The van der Waals surface area contributed by atoms with Crippen LogP contribution in [0.1, 0.15) is 68.2 Å². The van der Waals surface area contributed by atoms with Gasteiger partial charge in [-0.2, -0.15) is 0 Å². The average molecular weight is 500 g/mol. The quantitative estimate of drug-likeness (QED) is 0.601. The molecule has 2 saturated heterocycles. The highest BCUT2D eigenvalue weighted by atomic mass is 32.2. The molecule has 5 rings (SSSR count). The Kier molecular flexibility index (Phi) is 6.20. The summed E-state index contributed by atoms with van der Waals surface area (Å²) in [7, 11) is -3.96. The van der Waals surface area contributed by atoms with Crippen molar-refractivity contribution < 1.29 is 18.0 Å². The van der Waals surface area contributed by atoms with Crippen LogP contribution < -0.4 is 10.0 Å². The summed E-state index contributed by atoms with van der Waals surface area (Å²) in [6.07, 6.45) is 12.4. The molecule has 1 aromatic carbocycles. The van der Waals surface area contributed by atoms with Gasteiger partial charge in [0.05, 0.1) is 5.54 Å². The van der Waals surface area contributed by atoms with Crippen molar-refractivity contribution >= 4 is 28.2 Å². The molecule has 35 heavy (non-hydrogen) atoms. The van der Waals surface area contributed by atoms with E-state index in [4.69, 9.17) is 0 Å². The zero-order chi connectivity index (χ0) is 24.8. The number of aryl methyl sites for hydroxylation is 2. The van der Waals surface area contributed by atoms with Gasteiger partial charge in [-0.25, -0.2) is 17.9 Å². The van der Waals surface area contributed by atoms with E-state index in [-0.39, 0.29) is 5.54 Å². The lowest BCUT2D eigenvalue weighted by Gasteiger charge is -2.52. The highest BCUT2D eigenvalue weighted by Gasteiger charge is 2.45. The van der Waals surface area contributed by atoms with Crippen molar-refractivity contribution in [2.45, 2.75) is 82.7 Å². The number of urea groups is 1. The van der Waals surface area contributed by atoms with Gasteiger partial charge in [-0.3, -0.25) is 9.69 Å². The van der Waals surface area contributed by atoms with Crippen molar-refractivity contribution in [3.8, 4) is 0 Å². The van der Waals surface area contributed by atoms with Gasteiger partial charge < -0.3 is 10.2 Å². The zero-order valence-corrected chi connectivity index (χ0v) is 21.5. The Morgan fingerprint density at radius 2 is 1.74 bits per heavy atom. The molecule has 1 aromatic rings. The van der Waals surface area contributed by atoms with Crippen LogP contribution in [0.4, 0.5) is 10.5 Å². The van der Waals surface area contributed by atoms with Crippen LogP contribution >= 0.6 is 0 Å². The molecule has 2 heterocycles. The second-order valence-corrected chi connectivity index (χ2v) is 12.6. The molecule has 8 nitrogen and oxygen atoms in total. The number of amides is 3. The molecule has 0 bridgehead atoms. The average Bonchev–Trinajstić information content (AvgIpc) is 3.54. The van der Waals surface area contributed by atoms with E-state index in [1.165, 1.54) is 11.1 Å². The molecule has 0 aromatic heterocycles. The van der Waals surface area contributed by atoms with Crippen molar-refractivity contribution in [2.75, 3.05) is 25.0 Å². The van der Waals surface area contributed by atoms with Crippen molar-refractivity contribution in [3.05, 3.63) is 39.8 Å². The van der Waals surface area contributed by atoms with Crippen LogP contribution in [0.25, 0.3) is 0 Å². The van der Waals surface area contributed by atoms with Gasteiger partial charge in [0.25, 0.3) is 10.0 Å². The van der Waals surface area contributed by atoms with Gasteiger partial charge in [-0.1, -0.05) is 12.1 Å². The Labute approximate surface area is 208 Å². The van der Waals surface area contributed by atoms with E-state index >= 15 is 0 Å². The number of likely N-dealkylation sites (tertiary alicyclic amines) is 2. The summed E-state index contributed by atoms with van der Waals surface area (Å²) in [6, 6.07) is 1.56. The van der Waals surface area contributed by atoms with Gasteiger partial charge in [0.1, 0.15) is 0 Å². The third-order valence-corrected chi connectivity index (χ3v) is 9.52. The van der Waals surface area contributed by atoms with Gasteiger partial charge in [-0.05, 0) is 93.9 Å². The fraction of sp³-hybridized carbons (Fsp3) is 0.615. The molecule has 2 fully saturated rings. The monoisotopic (exact) mass is 499 g/mol. The molecule has 2 aliphatic carbocycles. The minimum atomic E-state index is -3.96. The summed E-state index contributed by atoms with van der Waals surface area (Å²) in [5, 5.41) is 3.99. The molecular formula is C26H35N4O4S. The van der Waals surface area contributed by atoms with Crippen LogP contribution in [-0.2, 0) is 40.5 Å². The smallest absolute Gasteiger partial charge is 0.328 e. The SMILES string of the molecule is C[C@@]1(CN2CC[C@@]2(C)/C=C/S(=O)(=O)NC(=O)Nc2c3c(cc4c2CCC4)CCC3)CCCN1[C]=O. The molecular weight excluding hydrogens is 464 g/mol. The minimum absolute atomic E-state index is 0.287. The van der Waals surface area contributed by atoms with Crippen LogP contribution in [0, 0.1) is 0 Å². The van der Waals surface area contributed by atoms with Crippen molar-refractivity contribution in [2.24, 2.45) is 0 Å². The predicted octanol–water partition coefficient (Wildman–Crippen LogP) is 3.02. The molecule has 2 atom stereocenters. The third-order valence-electron chi connectivity index (χ3n) is 8.55. The molecule has 4 aliphatic rings. The van der Waals surface area contributed by atoms with E-state index < -0.39 is 21.6 Å². The molecule has 0 saturated carbocycles. The van der Waals surface area contributed by atoms with Crippen LogP contribution in [0.2, 0.25) is 0 Å². The maximum Gasteiger partial charge on any atom is 0.333 e. The van der Waals surface area contributed by atoms with E-state index in [1.54, 1.807) is 11.0 Å². The summed E-state index contributed by atoms with van der Waals surface area (Å²) in [5.41, 5.74) is 4.98. The Balaban J connectivity index is 1.25. The normalized spacial score (nSPS) is 28.1. The number of benzene rings is 1. The summed E-state index contributed by atoms with van der Waals surface area (Å²) in [4.78, 5) is 28.0. The molecule has 2 aliphatic heterocycles. The highest BCUT2D eigenvalue weighted by Crippen LogP contribution is 2.39. The van der Waals surface area contributed by atoms with E-state index in [9.17, 15) is 18.0 Å². The largest absolute Gasteiger partial charge is 0.333 e. The number of nitrogens with zero attached hydrogens (tertiary/aromatic N) is 2. The molecule has 2 N–H and O–H groups in total. The maximum atomic E-state index is 12.8. The van der Waals surface area contributed by atoms with Crippen LogP contribution in [0.3, 0.4) is 0 Å². The highest BCUT2D eigenvalue weighted by molar-refractivity contribution is 7.92. The second kappa shape index (κ2) is 8.92. The number of hydrogen-bond donors (Lipinski definition) is 2. The lowest BCUT2D eigenvalue weighted by molar-refractivity contribution is 0.00241. The lowest BCUT2D eigenvalue weighted by atomic mass is 9.84. The fourth-order valence-corrected chi connectivity index (χ4v) is 7.18. The minimum Gasteiger partial charge on any atom is -0.328 e. The van der Waals surface area contributed by atoms with Crippen LogP contribution in [0.5, 0.6) is 0 Å². The van der Waals surface area contributed by atoms with E-state index in [0.29, 0.717) is 13.1 Å².